The Morgan fingerprint density at radius 2 is 2.31 bits per heavy atom. The first-order valence-corrected chi connectivity index (χ1v) is 4.63. The Hall–Kier alpha value is -0.610. The molecule has 1 saturated carbocycles. The third-order valence-electron chi connectivity index (χ3n) is 2.93. The van der Waals surface area contributed by atoms with Crippen LogP contribution in [0.1, 0.15) is 32.1 Å². The molecular formula is C9H17NO3. The molecule has 1 aliphatic carbocycles. The van der Waals surface area contributed by atoms with Crippen LogP contribution in [0.15, 0.2) is 0 Å². The summed E-state index contributed by atoms with van der Waals surface area (Å²) in [5.74, 6) is -0.925. The molecule has 0 aliphatic heterocycles. The van der Waals surface area contributed by atoms with Gasteiger partial charge in [0.15, 0.2) is 0 Å². The van der Waals surface area contributed by atoms with Gasteiger partial charge in [0.05, 0.1) is 5.60 Å². The Bertz CT molecular complexity index is 184. The molecule has 0 aromatic carbocycles. The molecule has 1 aliphatic rings. The van der Waals surface area contributed by atoms with E-state index < -0.39 is 12.0 Å². The molecule has 1 rings (SSSR count). The maximum absolute atomic E-state index is 10.4. The maximum atomic E-state index is 10.4. The number of carboxylic acid groups (broad SMARTS) is 1. The Balaban J connectivity index is 2.28. The van der Waals surface area contributed by atoms with E-state index >= 15 is 0 Å². The minimum absolute atomic E-state index is 0.0624. The summed E-state index contributed by atoms with van der Waals surface area (Å²) in [6.07, 6.45) is 4.52. The van der Waals surface area contributed by atoms with Gasteiger partial charge in [-0.05, 0) is 32.1 Å². The molecule has 4 heteroatoms. The van der Waals surface area contributed by atoms with Crippen LogP contribution in [0.2, 0.25) is 0 Å². The largest absolute Gasteiger partial charge is 0.480 e. The summed E-state index contributed by atoms with van der Waals surface area (Å²) in [7, 11) is 1.69. The Labute approximate surface area is 78.1 Å². The summed E-state index contributed by atoms with van der Waals surface area (Å²) in [6.45, 7) is 0. The van der Waals surface area contributed by atoms with Gasteiger partial charge in [-0.2, -0.15) is 0 Å². The van der Waals surface area contributed by atoms with Gasteiger partial charge in [0.2, 0.25) is 0 Å². The van der Waals surface area contributed by atoms with Crippen LogP contribution in [0, 0.1) is 0 Å². The van der Waals surface area contributed by atoms with Gasteiger partial charge >= 0.3 is 5.97 Å². The standard InChI is InChI=1S/C9H17NO3/c1-13-9(4-2-5-9)6-3-7(10)8(11)12/h7H,2-6,10H2,1H3,(H,11,12)/t7-/m0/s1. The normalized spacial score (nSPS) is 22.0. The highest BCUT2D eigenvalue weighted by Gasteiger charge is 2.37. The lowest BCUT2D eigenvalue weighted by Gasteiger charge is -2.41. The molecular weight excluding hydrogens is 170 g/mol. The molecule has 3 N–H and O–H groups in total. The molecule has 0 radical (unpaired) electrons. The first-order chi connectivity index (χ1) is 6.09. The van der Waals surface area contributed by atoms with Gasteiger partial charge in [-0.3, -0.25) is 4.79 Å². The molecule has 0 saturated heterocycles. The quantitative estimate of drug-likeness (QED) is 0.666. The van der Waals surface area contributed by atoms with Gasteiger partial charge in [-0.15, -0.1) is 0 Å². The van der Waals surface area contributed by atoms with Crippen molar-refractivity contribution in [3.05, 3.63) is 0 Å². The van der Waals surface area contributed by atoms with E-state index in [4.69, 9.17) is 15.6 Å². The summed E-state index contributed by atoms with van der Waals surface area (Å²) in [5, 5.41) is 8.58. The van der Waals surface area contributed by atoms with E-state index in [1.54, 1.807) is 7.11 Å². The van der Waals surface area contributed by atoms with Crippen molar-refractivity contribution < 1.29 is 14.6 Å². The highest BCUT2D eigenvalue weighted by Crippen LogP contribution is 2.38. The first kappa shape index (κ1) is 10.5. The predicted octanol–water partition coefficient (Wildman–Crippen LogP) is 0.748. The van der Waals surface area contributed by atoms with E-state index in [0.717, 1.165) is 19.3 Å². The van der Waals surface area contributed by atoms with E-state index in [0.29, 0.717) is 6.42 Å². The molecule has 0 aromatic heterocycles. The van der Waals surface area contributed by atoms with Crippen LogP contribution in [-0.4, -0.2) is 29.8 Å². The van der Waals surface area contributed by atoms with Crippen molar-refractivity contribution in [1.29, 1.82) is 0 Å². The van der Waals surface area contributed by atoms with E-state index in [9.17, 15) is 4.79 Å². The molecule has 1 atom stereocenters. The van der Waals surface area contributed by atoms with E-state index in [1.165, 1.54) is 6.42 Å². The van der Waals surface area contributed by atoms with E-state index in [2.05, 4.69) is 0 Å². The monoisotopic (exact) mass is 187 g/mol. The Morgan fingerprint density at radius 3 is 2.62 bits per heavy atom. The maximum Gasteiger partial charge on any atom is 0.320 e. The molecule has 4 nitrogen and oxygen atoms in total. The van der Waals surface area contributed by atoms with E-state index in [-0.39, 0.29) is 5.60 Å². The Morgan fingerprint density at radius 1 is 1.69 bits per heavy atom. The van der Waals surface area contributed by atoms with Crippen molar-refractivity contribution in [3.63, 3.8) is 0 Å². The number of carbonyl (C=O) groups is 1. The number of rotatable bonds is 5. The number of hydrogen-bond acceptors (Lipinski definition) is 3. The second kappa shape index (κ2) is 4.07. The zero-order valence-electron chi connectivity index (χ0n) is 7.95. The van der Waals surface area contributed by atoms with Crippen LogP contribution < -0.4 is 5.73 Å². The van der Waals surface area contributed by atoms with Gasteiger partial charge in [-0.1, -0.05) is 0 Å². The highest BCUT2D eigenvalue weighted by atomic mass is 16.5. The number of ether oxygens (including phenoxy) is 1. The number of aliphatic carboxylic acids is 1. The fraction of sp³-hybridized carbons (Fsp3) is 0.889. The molecule has 13 heavy (non-hydrogen) atoms. The fourth-order valence-electron chi connectivity index (χ4n) is 1.67. The zero-order valence-corrected chi connectivity index (χ0v) is 7.95. The second-order valence-electron chi connectivity index (χ2n) is 3.72. The smallest absolute Gasteiger partial charge is 0.320 e. The van der Waals surface area contributed by atoms with Gasteiger partial charge in [0.25, 0.3) is 0 Å². The third kappa shape index (κ3) is 2.42. The van der Waals surface area contributed by atoms with Crippen LogP contribution in [0.3, 0.4) is 0 Å². The first-order valence-electron chi connectivity index (χ1n) is 4.63. The number of methoxy groups -OCH3 is 1. The molecule has 0 unspecified atom stereocenters. The summed E-state index contributed by atoms with van der Waals surface area (Å²) in [4.78, 5) is 10.4. The highest BCUT2D eigenvalue weighted by molar-refractivity contribution is 5.72. The number of carboxylic acids is 1. The van der Waals surface area contributed by atoms with Gasteiger partial charge in [0, 0.05) is 7.11 Å². The molecule has 0 amide bonds. The number of hydrogen-bond donors (Lipinski definition) is 2. The lowest BCUT2D eigenvalue weighted by Crippen LogP contribution is -2.41. The molecule has 76 valence electrons. The van der Waals surface area contributed by atoms with Crippen molar-refractivity contribution in [3.8, 4) is 0 Å². The number of nitrogens with two attached hydrogens (primary N) is 1. The summed E-state index contributed by atoms with van der Waals surface area (Å²) >= 11 is 0. The predicted molar refractivity (Wildman–Crippen MR) is 48.4 cm³/mol. The Kier molecular flexibility index (Phi) is 3.27. The van der Waals surface area contributed by atoms with Crippen LogP contribution >= 0.6 is 0 Å². The second-order valence-corrected chi connectivity index (χ2v) is 3.72. The minimum atomic E-state index is -0.925. The average molecular weight is 187 g/mol. The van der Waals surface area contributed by atoms with Gasteiger partial charge < -0.3 is 15.6 Å². The van der Waals surface area contributed by atoms with Crippen molar-refractivity contribution >= 4 is 5.97 Å². The average Bonchev–Trinajstić information content (AvgIpc) is 2.02. The lowest BCUT2D eigenvalue weighted by atomic mass is 9.76. The van der Waals surface area contributed by atoms with Crippen molar-refractivity contribution in [2.24, 2.45) is 5.73 Å². The molecule has 0 bridgehead atoms. The zero-order chi connectivity index (χ0) is 9.90. The van der Waals surface area contributed by atoms with Gasteiger partial charge in [0.1, 0.15) is 6.04 Å². The summed E-state index contributed by atoms with van der Waals surface area (Å²) in [6, 6.07) is -0.743. The van der Waals surface area contributed by atoms with E-state index in [1.807, 2.05) is 0 Å². The van der Waals surface area contributed by atoms with Crippen molar-refractivity contribution in [2.45, 2.75) is 43.7 Å². The van der Waals surface area contributed by atoms with Crippen molar-refractivity contribution in [1.82, 2.24) is 0 Å². The summed E-state index contributed by atoms with van der Waals surface area (Å²) in [5.41, 5.74) is 5.34. The molecule has 0 spiro atoms. The van der Waals surface area contributed by atoms with Crippen LogP contribution in [0.4, 0.5) is 0 Å². The van der Waals surface area contributed by atoms with Crippen LogP contribution in [0.5, 0.6) is 0 Å². The van der Waals surface area contributed by atoms with Crippen LogP contribution in [-0.2, 0) is 9.53 Å². The molecule has 0 heterocycles. The van der Waals surface area contributed by atoms with Gasteiger partial charge in [-0.25, -0.2) is 0 Å². The third-order valence-corrected chi connectivity index (χ3v) is 2.93. The fourth-order valence-corrected chi connectivity index (χ4v) is 1.67. The molecule has 0 aromatic rings. The van der Waals surface area contributed by atoms with Crippen molar-refractivity contribution in [2.75, 3.05) is 7.11 Å². The lowest BCUT2D eigenvalue weighted by molar-refractivity contribution is -0.139. The SMILES string of the molecule is COC1(CC[C@H](N)C(=O)O)CCC1. The summed E-state index contributed by atoms with van der Waals surface area (Å²) < 4.78 is 5.36. The molecule has 1 fully saturated rings. The van der Waals surface area contributed by atoms with Crippen LogP contribution in [0.25, 0.3) is 0 Å². The topological polar surface area (TPSA) is 72.5 Å². The minimum Gasteiger partial charge on any atom is -0.480 e.